The third-order valence-electron chi connectivity index (χ3n) is 5.28. The molecule has 0 fully saturated rings. The first kappa shape index (κ1) is 20.3. The summed E-state index contributed by atoms with van der Waals surface area (Å²) >= 11 is 1.39. The van der Waals surface area contributed by atoms with Crippen LogP contribution in [0.3, 0.4) is 0 Å². The van der Waals surface area contributed by atoms with Crippen LogP contribution in [0.15, 0.2) is 77.6 Å². The molecule has 3 aromatic carbocycles. The van der Waals surface area contributed by atoms with Crippen molar-refractivity contribution in [2.24, 2.45) is 0 Å². The zero-order valence-corrected chi connectivity index (χ0v) is 18.6. The summed E-state index contributed by atoms with van der Waals surface area (Å²) in [6.07, 6.45) is 1.76. The Bertz CT molecular complexity index is 1510. The van der Waals surface area contributed by atoms with Crippen molar-refractivity contribution >= 4 is 33.4 Å². The number of rotatable bonds is 6. The van der Waals surface area contributed by atoms with Gasteiger partial charge in [-0.15, -0.1) is 0 Å². The third kappa shape index (κ3) is 3.74. The number of fused-ring (bicyclic) bond motifs is 3. The van der Waals surface area contributed by atoms with E-state index in [1.165, 1.54) is 11.3 Å². The summed E-state index contributed by atoms with van der Waals surface area (Å²) in [4.78, 5) is 18.3. The van der Waals surface area contributed by atoms with Gasteiger partial charge in [0.2, 0.25) is 0 Å². The van der Waals surface area contributed by atoms with E-state index >= 15 is 0 Å². The van der Waals surface area contributed by atoms with Gasteiger partial charge in [0.1, 0.15) is 6.10 Å². The van der Waals surface area contributed by atoms with Gasteiger partial charge in [0.05, 0.1) is 22.2 Å². The Morgan fingerprint density at radius 3 is 2.62 bits per heavy atom. The second-order valence-corrected chi connectivity index (χ2v) is 8.45. The molecule has 1 atom stereocenters. The van der Waals surface area contributed by atoms with E-state index < -0.39 is 0 Å². The van der Waals surface area contributed by atoms with Gasteiger partial charge in [-0.25, -0.2) is 9.38 Å². The minimum atomic E-state index is -0.114. The number of benzene rings is 3. The highest BCUT2D eigenvalue weighted by molar-refractivity contribution is 7.15. The number of ether oxygens (including phenoxy) is 2. The van der Waals surface area contributed by atoms with Crippen LogP contribution in [0.2, 0.25) is 0 Å². The molecule has 5 nitrogen and oxygen atoms in total. The Morgan fingerprint density at radius 1 is 1.03 bits per heavy atom. The van der Waals surface area contributed by atoms with E-state index in [2.05, 4.69) is 4.98 Å². The number of hydrogen-bond acceptors (Lipinski definition) is 5. The Labute approximate surface area is 189 Å². The highest BCUT2D eigenvalue weighted by atomic mass is 32.1. The zero-order chi connectivity index (χ0) is 22.1. The quantitative estimate of drug-likeness (QED) is 0.372. The van der Waals surface area contributed by atoms with Gasteiger partial charge < -0.3 is 9.47 Å². The molecule has 5 rings (SSSR count). The molecule has 0 aliphatic heterocycles. The second-order valence-electron chi connectivity index (χ2n) is 7.44. The zero-order valence-electron chi connectivity index (χ0n) is 17.8. The molecule has 0 radical (unpaired) electrons. The summed E-state index contributed by atoms with van der Waals surface area (Å²) in [7, 11) is 0. The minimum absolute atomic E-state index is 0.0605. The van der Waals surface area contributed by atoms with Crippen molar-refractivity contribution < 1.29 is 9.47 Å². The maximum absolute atomic E-state index is 13.0. The highest BCUT2D eigenvalue weighted by Gasteiger charge is 2.13. The average molecular weight is 443 g/mol. The number of hydrogen-bond donors (Lipinski definition) is 0. The molecule has 0 N–H and O–H groups in total. The molecule has 0 unspecified atom stereocenters. The summed E-state index contributed by atoms with van der Waals surface area (Å²) in [6, 6.07) is 23.5. The average Bonchev–Trinajstić information content (AvgIpc) is 3.32. The van der Waals surface area contributed by atoms with E-state index in [1.807, 2.05) is 92.7 Å². The summed E-state index contributed by atoms with van der Waals surface area (Å²) in [5.41, 5.74) is 3.57. The van der Waals surface area contributed by atoms with Crippen molar-refractivity contribution in [3.63, 3.8) is 0 Å². The molecule has 0 bridgehead atoms. The number of imidazole rings is 1. The third-order valence-corrected chi connectivity index (χ3v) is 6.25. The monoisotopic (exact) mass is 442 g/mol. The topological polar surface area (TPSA) is 52.8 Å². The van der Waals surface area contributed by atoms with Gasteiger partial charge in [-0.3, -0.25) is 4.79 Å². The van der Waals surface area contributed by atoms with Crippen LogP contribution in [0.1, 0.15) is 31.1 Å². The maximum atomic E-state index is 13.0. The van der Waals surface area contributed by atoms with Crippen molar-refractivity contribution in [3.8, 4) is 11.5 Å². The lowest BCUT2D eigenvalue weighted by Crippen LogP contribution is -2.22. The first-order chi connectivity index (χ1) is 15.6. The van der Waals surface area contributed by atoms with Gasteiger partial charge in [0, 0.05) is 0 Å². The molecule has 2 aromatic heterocycles. The van der Waals surface area contributed by atoms with Crippen molar-refractivity contribution in [1.29, 1.82) is 0 Å². The lowest BCUT2D eigenvalue weighted by atomic mass is 10.1. The number of nitrogens with zero attached hydrogens (tertiary/aromatic N) is 2. The predicted molar refractivity (Wildman–Crippen MR) is 129 cm³/mol. The van der Waals surface area contributed by atoms with Crippen molar-refractivity contribution in [3.05, 3.63) is 98.8 Å². The van der Waals surface area contributed by atoms with Crippen molar-refractivity contribution in [1.82, 2.24) is 9.38 Å². The Balaban J connectivity index is 1.51. The first-order valence-electron chi connectivity index (χ1n) is 10.5. The number of thiazole rings is 1. The van der Waals surface area contributed by atoms with Crippen LogP contribution in [0.4, 0.5) is 0 Å². The molecule has 0 aliphatic carbocycles. The van der Waals surface area contributed by atoms with Crippen molar-refractivity contribution in [2.45, 2.75) is 20.0 Å². The lowest BCUT2D eigenvalue weighted by Gasteiger charge is -2.18. The van der Waals surface area contributed by atoms with E-state index in [-0.39, 0.29) is 11.7 Å². The Hall–Kier alpha value is -3.64. The maximum Gasteiger partial charge on any atom is 0.274 e. The smallest absolute Gasteiger partial charge is 0.274 e. The molecule has 0 saturated carbocycles. The molecule has 2 heterocycles. The Kier molecular flexibility index (Phi) is 5.37. The van der Waals surface area contributed by atoms with E-state index in [0.717, 1.165) is 22.2 Å². The molecule has 5 aromatic rings. The Morgan fingerprint density at radius 2 is 1.81 bits per heavy atom. The minimum Gasteiger partial charge on any atom is -0.490 e. The standard InChI is InChI=1S/C26H22N2O3S/c1-3-30-23-15-18(13-14-22(23)31-17(2)19-9-5-4-6-10-19)16-24-25(29)28-21-12-8-7-11-20(21)27-26(28)32-24/h4-17H,3H2,1-2H3/b24-16+/t17-/m0/s1. The summed E-state index contributed by atoms with van der Waals surface area (Å²) in [5, 5.41) is 0. The summed E-state index contributed by atoms with van der Waals surface area (Å²) in [5.74, 6) is 1.33. The summed E-state index contributed by atoms with van der Waals surface area (Å²) in [6.45, 7) is 4.47. The first-order valence-corrected chi connectivity index (χ1v) is 11.4. The molecular weight excluding hydrogens is 420 g/mol. The molecule has 32 heavy (non-hydrogen) atoms. The largest absolute Gasteiger partial charge is 0.490 e. The van der Waals surface area contributed by atoms with Crippen molar-refractivity contribution in [2.75, 3.05) is 6.61 Å². The summed E-state index contributed by atoms with van der Waals surface area (Å²) < 4.78 is 14.3. The number of aromatic nitrogens is 2. The van der Waals surface area contributed by atoms with Gasteiger partial charge in [-0.2, -0.15) is 0 Å². The molecule has 0 aliphatic rings. The van der Waals surface area contributed by atoms with Gasteiger partial charge in [-0.05, 0) is 55.3 Å². The van der Waals surface area contributed by atoms with Crippen LogP contribution in [-0.4, -0.2) is 16.0 Å². The second kappa shape index (κ2) is 8.48. The molecule has 160 valence electrons. The molecule has 0 spiro atoms. The normalized spacial score (nSPS) is 13.0. The molecule has 0 saturated heterocycles. The van der Waals surface area contributed by atoms with Crippen LogP contribution in [0.25, 0.3) is 22.1 Å². The van der Waals surface area contributed by atoms with Gasteiger partial charge in [0.15, 0.2) is 16.5 Å². The van der Waals surface area contributed by atoms with E-state index in [1.54, 1.807) is 4.40 Å². The van der Waals surface area contributed by atoms with Gasteiger partial charge in [-0.1, -0.05) is 59.9 Å². The molecular formula is C26H22N2O3S. The predicted octanol–water partition coefficient (Wildman–Crippen LogP) is 5.00. The van der Waals surface area contributed by atoms with Gasteiger partial charge in [0.25, 0.3) is 5.56 Å². The number of para-hydroxylation sites is 2. The van der Waals surface area contributed by atoms with Crippen LogP contribution < -0.4 is 19.6 Å². The fraction of sp³-hybridized carbons (Fsp3) is 0.154. The van der Waals surface area contributed by atoms with Crippen LogP contribution in [0.5, 0.6) is 11.5 Å². The highest BCUT2D eigenvalue weighted by Crippen LogP contribution is 2.32. The van der Waals surface area contributed by atoms with Crippen LogP contribution in [-0.2, 0) is 0 Å². The SMILES string of the molecule is CCOc1cc(/C=c2/sc3nc4ccccc4n3c2=O)ccc1O[C@@H](C)c1ccccc1. The van der Waals surface area contributed by atoms with E-state index in [0.29, 0.717) is 27.6 Å². The van der Waals surface area contributed by atoms with Crippen LogP contribution >= 0.6 is 11.3 Å². The fourth-order valence-electron chi connectivity index (χ4n) is 3.73. The fourth-order valence-corrected chi connectivity index (χ4v) is 4.71. The lowest BCUT2D eigenvalue weighted by molar-refractivity contribution is 0.211. The molecule has 0 amide bonds. The van der Waals surface area contributed by atoms with Gasteiger partial charge >= 0.3 is 0 Å². The van der Waals surface area contributed by atoms with Crippen LogP contribution in [0, 0.1) is 0 Å². The molecule has 6 heteroatoms. The van der Waals surface area contributed by atoms with E-state index in [9.17, 15) is 4.79 Å². The van der Waals surface area contributed by atoms with E-state index in [4.69, 9.17) is 9.47 Å².